The van der Waals surface area contributed by atoms with Gasteiger partial charge >= 0.3 is 0 Å². The van der Waals surface area contributed by atoms with Crippen LogP contribution in [0.15, 0.2) is 18.2 Å². The predicted molar refractivity (Wildman–Crippen MR) is 82.5 cm³/mol. The zero-order valence-electron chi connectivity index (χ0n) is 11.8. The molecule has 5 heteroatoms. The van der Waals surface area contributed by atoms with Crippen molar-refractivity contribution in [3.05, 3.63) is 50.8 Å². The summed E-state index contributed by atoms with van der Waals surface area (Å²) in [6, 6.07) is 5.57. The first-order chi connectivity index (χ1) is 9.45. The molecule has 0 radical (unpaired) electrons. The summed E-state index contributed by atoms with van der Waals surface area (Å²) in [7, 11) is 0. The molecule has 1 atom stereocenters. The average Bonchev–Trinajstić information content (AvgIpc) is 2.69. The predicted octanol–water partition coefficient (Wildman–Crippen LogP) is 4.30. The Labute approximate surface area is 129 Å². The van der Waals surface area contributed by atoms with Gasteiger partial charge in [0.1, 0.15) is 0 Å². The van der Waals surface area contributed by atoms with Crippen molar-refractivity contribution >= 4 is 23.2 Å². The molecule has 0 aliphatic heterocycles. The van der Waals surface area contributed by atoms with Gasteiger partial charge in [0.15, 0.2) is 0 Å². The Bertz CT molecular complexity index is 623. The number of aryl methyl sites for hydroxylation is 1. The Balaban J connectivity index is 2.38. The molecule has 0 fully saturated rings. The molecule has 2 rings (SSSR count). The molecule has 0 saturated heterocycles. The number of benzene rings is 1. The van der Waals surface area contributed by atoms with Crippen molar-refractivity contribution in [3.8, 4) is 0 Å². The molecule has 2 aromatic rings. The van der Waals surface area contributed by atoms with Crippen LogP contribution in [0.2, 0.25) is 10.0 Å². The normalized spacial score (nSPS) is 12.7. The zero-order valence-corrected chi connectivity index (χ0v) is 13.3. The maximum absolute atomic E-state index is 10.1. The lowest BCUT2D eigenvalue weighted by atomic mass is 10.1. The number of halogens is 2. The zero-order chi connectivity index (χ0) is 14.9. The van der Waals surface area contributed by atoms with Gasteiger partial charge in [-0.3, -0.25) is 4.68 Å². The average molecular weight is 313 g/mol. The third kappa shape index (κ3) is 2.85. The van der Waals surface area contributed by atoms with Crippen molar-refractivity contribution in [1.29, 1.82) is 0 Å². The summed E-state index contributed by atoms with van der Waals surface area (Å²) < 4.78 is 1.86. The third-order valence-electron chi connectivity index (χ3n) is 3.51. The number of aliphatic hydroxyl groups excluding tert-OH is 1. The first kappa shape index (κ1) is 15.4. The van der Waals surface area contributed by atoms with Crippen LogP contribution in [0.1, 0.15) is 42.0 Å². The number of nitrogens with zero attached hydrogens (tertiary/aromatic N) is 2. The number of hydrogen-bond acceptors (Lipinski definition) is 2. The van der Waals surface area contributed by atoms with E-state index in [1.165, 1.54) is 0 Å². The molecule has 0 spiro atoms. The standard InChI is InChI=1S/C15H18Cl2N2O/c1-4-13(20)14-9(2)18-19(10(14)3)8-11-6-5-7-12(16)15(11)17/h5-7,13,20H,4,8H2,1-3H3. The minimum absolute atomic E-state index is 0.474. The Kier molecular flexibility index (Phi) is 4.74. The van der Waals surface area contributed by atoms with E-state index >= 15 is 0 Å². The summed E-state index contributed by atoms with van der Waals surface area (Å²) in [5.41, 5.74) is 3.65. The SMILES string of the molecule is CCC(O)c1c(C)nn(Cc2cccc(Cl)c2Cl)c1C. The molecule has 0 saturated carbocycles. The van der Waals surface area contributed by atoms with Crippen LogP contribution in [0.5, 0.6) is 0 Å². The molecule has 1 aromatic heterocycles. The lowest BCUT2D eigenvalue weighted by Gasteiger charge is -2.10. The van der Waals surface area contributed by atoms with E-state index in [-0.39, 0.29) is 0 Å². The molecule has 1 aromatic carbocycles. The van der Waals surface area contributed by atoms with E-state index in [2.05, 4.69) is 5.10 Å². The van der Waals surface area contributed by atoms with Crippen LogP contribution in [-0.4, -0.2) is 14.9 Å². The minimum atomic E-state index is -0.474. The molecular weight excluding hydrogens is 295 g/mol. The molecule has 108 valence electrons. The first-order valence-electron chi connectivity index (χ1n) is 6.60. The van der Waals surface area contributed by atoms with Crippen LogP contribution in [0.3, 0.4) is 0 Å². The quantitative estimate of drug-likeness (QED) is 0.914. The highest BCUT2D eigenvalue weighted by molar-refractivity contribution is 6.42. The lowest BCUT2D eigenvalue weighted by Crippen LogP contribution is -2.06. The van der Waals surface area contributed by atoms with Crippen molar-refractivity contribution in [2.24, 2.45) is 0 Å². The molecular formula is C15H18Cl2N2O. The van der Waals surface area contributed by atoms with Gasteiger partial charge in [0.05, 0.1) is 28.4 Å². The van der Waals surface area contributed by atoms with Crippen LogP contribution in [-0.2, 0) is 6.54 Å². The van der Waals surface area contributed by atoms with Gasteiger partial charge in [-0.05, 0) is 31.9 Å². The Hall–Kier alpha value is -1.03. The summed E-state index contributed by atoms with van der Waals surface area (Å²) in [5.74, 6) is 0. The van der Waals surface area contributed by atoms with Gasteiger partial charge in [-0.2, -0.15) is 5.10 Å². The van der Waals surface area contributed by atoms with Crippen LogP contribution < -0.4 is 0 Å². The second kappa shape index (κ2) is 6.17. The molecule has 20 heavy (non-hydrogen) atoms. The monoisotopic (exact) mass is 312 g/mol. The van der Waals surface area contributed by atoms with Crippen molar-refractivity contribution in [2.75, 3.05) is 0 Å². The van der Waals surface area contributed by atoms with E-state index in [0.29, 0.717) is 23.0 Å². The van der Waals surface area contributed by atoms with Gasteiger partial charge in [0, 0.05) is 11.3 Å². The Morgan fingerprint density at radius 3 is 2.65 bits per heavy atom. The number of hydrogen-bond donors (Lipinski definition) is 1. The first-order valence-corrected chi connectivity index (χ1v) is 7.36. The van der Waals surface area contributed by atoms with Gasteiger partial charge in [-0.15, -0.1) is 0 Å². The summed E-state index contributed by atoms with van der Waals surface area (Å²) >= 11 is 12.2. The molecule has 0 amide bonds. The van der Waals surface area contributed by atoms with Gasteiger partial charge in [0.2, 0.25) is 0 Å². The molecule has 0 aliphatic carbocycles. The largest absolute Gasteiger partial charge is 0.388 e. The molecule has 0 aliphatic rings. The van der Waals surface area contributed by atoms with Gasteiger partial charge < -0.3 is 5.11 Å². The van der Waals surface area contributed by atoms with E-state index in [9.17, 15) is 5.11 Å². The fraction of sp³-hybridized carbons (Fsp3) is 0.400. The van der Waals surface area contributed by atoms with Crippen molar-refractivity contribution in [3.63, 3.8) is 0 Å². The second-order valence-corrected chi connectivity index (χ2v) is 5.66. The fourth-order valence-corrected chi connectivity index (χ4v) is 2.76. The topological polar surface area (TPSA) is 38.1 Å². The smallest absolute Gasteiger partial charge is 0.0823 e. The Morgan fingerprint density at radius 1 is 1.30 bits per heavy atom. The van der Waals surface area contributed by atoms with Crippen LogP contribution in [0, 0.1) is 13.8 Å². The molecule has 3 nitrogen and oxygen atoms in total. The van der Waals surface area contributed by atoms with Gasteiger partial charge in [0.25, 0.3) is 0 Å². The highest BCUT2D eigenvalue weighted by Gasteiger charge is 2.18. The second-order valence-electron chi connectivity index (χ2n) is 4.88. The molecule has 1 N–H and O–H groups in total. The van der Waals surface area contributed by atoms with Crippen molar-refractivity contribution < 1.29 is 5.11 Å². The highest BCUT2D eigenvalue weighted by atomic mass is 35.5. The van der Waals surface area contributed by atoms with Crippen LogP contribution in [0.4, 0.5) is 0 Å². The van der Waals surface area contributed by atoms with E-state index in [1.54, 1.807) is 6.07 Å². The highest BCUT2D eigenvalue weighted by Crippen LogP contribution is 2.28. The van der Waals surface area contributed by atoms with E-state index in [4.69, 9.17) is 23.2 Å². The summed E-state index contributed by atoms with van der Waals surface area (Å²) in [4.78, 5) is 0. The summed E-state index contributed by atoms with van der Waals surface area (Å²) in [6.07, 6.45) is 0.198. The maximum Gasteiger partial charge on any atom is 0.0823 e. The molecule has 1 unspecified atom stereocenters. The number of aliphatic hydroxyl groups is 1. The molecule has 1 heterocycles. The van der Waals surface area contributed by atoms with Crippen LogP contribution >= 0.6 is 23.2 Å². The van der Waals surface area contributed by atoms with E-state index in [0.717, 1.165) is 22.5 Å². The fourth-order valence-electron chi connectivity index (χ4n) is 2.38. The Morgan fingerprint density at radius 2 is 2.00 bits per heavy atom. The summed E-state index contributed by atoms with van der Waals surface area (Å²) in [5, 5.41) is 15.7. The molecule has 0 bridgehead atoms. The summed E-state index contributed by atoms with van der Waals surface area (Å²) in [6.45, 7) is 6.38. The van der Waals surface area contributed by atoms with Gasteiger partial charge in [-0.1, -0.05) is 42.3 Å². The third-order valence-corrected chi connectivity index (χ3v) is 4.37. The van der Waals surface area contributed by atoms with E-state index < -0.39 is 6.10 Å². The number of aromatic nitrogens is 2. The lowest BCUT2D eigenvalue weighted by molar-refractivity contribution is 0.172. The minimum Gasteiger partial charge on any atom is -0.388 e. The van der Waals surface area contributed by atoms with Crippen molar-refractivity contribution in [2.45, 2.75) is 39.8 Å². The maximum atomic E-state index is 10.1. The van der Waals surface area contributed by atoms with Crippen LogP contribution in [0.25, 0.3) is 0 Å². The van der Waals surface area contributed by atoms with Crippen molar-refractivity contribution in [1.82, 2.24) is 9.78 Å². The van der Waals surface area contributed by atoms with Gasteiger partial charge in [-0.25, -0.2) is 0 Å². The number of rotatable bonds is 4. The van der Waals surface area contributed by atoms with E-state index in [1.807, 2.05) is 37.6 Å².